The molecule has 0 bridgehead atoms. The molecule has 0 saturated carbocycles. The van der Waals surface area contributed by atoms with Gasteiger partial charge in [0.1, 0.15) is 5.82 Å². The maximum absolute atomic E-state index is 14.3. The Kier molecular flexibility index (Phi) is 5.42. The van der Waals surface area contributed by atoms with Gasteiger partial charge in [0.05, 0.1) is 23.9 Å². The van der Waals surface area contributed by atoms with Crippen molar-refractivity contribution in [1.29, 1.82) is 0 Å². The number of nitrogens with one attached hydrogen (secondary N) is 1. The van der Waals surface area contributed by atoms with Gasteiger partial charge in [-0.3, -0.25) is 4.79 Å². The zero-order chi connectivity index (χ0) is 20.4. The van der Waals surface area contributed by atoms with Crippen LogP contribution < -0.4 is 5.32 Å². The first-order chi connectivity index (χ1) is 14.1. The van der Waals surface area contributed by atoms with Crippen LogP contribution in [0.2, 0.25) is 0 Å². The van der Waals surface area contributed by atoms with Gasteiger partial charge in [-0.05, 0) is 36.8 Å². The van der Waals surface area contributed by atoms with Crippen molar-refractivity contribution in [3.63, 3.8) is 0 Å². The van der Waals surface area contributed by atoms with Gasteiger partial charge in [0.25, 0.3) is 5.91 Å². The number of aromatic nitrogens is 2. The number of benzene rings is 2. The van der Waals surface area contributed by atoms with E-state index in [1.807, 2.05) is 48.0 Å². The van der Waals surface area contributed by atoms with Crippen LogP contribution in [-0.4, -0.2) is 22.6 Å². The van der Waals surface area contributed by atoms with Gasteiger partial charge >= 0.3 is 0 Å². The Morgan fingerprint density at radius 1 is 1.28 bits per heavy atom. The lowest BCUT2D eigenvalue weighted by molar-refractivity contribution is 0.0940. The fraction of sp³-hybridized carbons (Fsp3) is 0.182. The summed E-state index contributed by atoms with van der Waals surface area (Å²) < 4.78 is 22.2. The fourth-order valence-electron chi connectivity index (χ4n) is 3.33. The van der Waals surface area contributed by atoms with Crippen molar-refractivity contribution in [2.75, 3.05) is 7.11 Å². The molecule has 1 amide bonds. The number of amides is 1. The molecule has 0 saturated heterocycles. The molecule has 5 nitrogen and oxygen atoms in total. The summed E-state index contributed by atoms with van der Waals surface area (Å²) in [5.41, 5.74) is 2.56. The molecule has 4 aromatic rings. The molecule has 0 unspecified atom stereocenters. The smallest absolute Gasteiger partial charge is 0.262 e. The van der Waals surface area contributed by atoms with Crippen molar-refractivity contribution in [3.8, 4) is 5.69 Å². The number of carbonyl (C=O) groups is 1. The number of methoxy groups -OCH3 is 1. The van der Waals surface area contributed by atoms with Crippen LogP contribution in [0.3, 0.4) is 0 Å². The van der Waals surface area contributed by atoms with Crippen molar-refractivity contribution in [2.45, 2.75) is 19.6 Å². The van der Waals surface area contributed by atoms with E-state index in [0.717, 1.165) is 16.0 Å². The monoisotopic (exact) mass is 409 g/mol. The zero-order valence-electron chi connectivity index (χ0n) is 16.1. The van der Waals surface area contributed by atoms with Crippen LogP contribution in [0.5, 0.6) is 0 Å². The van der Waals surface area contributed by atoms with E-state index >= 15 is 0 Å². The van der Waals surface area contributed by atoms with Crippen molar-refractivity contribution in [1.82, 2.24) is 14.9 Å². The molecule has 29 heavy (non-hydrogen) atoms. The number of hydrogen-bond donors (Lipinski definition) is 1. The number of hydrogen-bond acceptors (Lipinski definition) is 4. The SMILES string of the molecule is COCc1c(C(=O)N[C@H](C)c2ccc(-n3ccnc3)cc2)sc2cccc(F)c12. The number of nitrogens with zero attached hydrogens (tertiary/aromatic N) is 2. The molecule has 0 aliphatic rings. The minimum absolute atomic E-state index is 0.178. The number of imidazole rings is 1. The third-order valence-electron chi connectivity index (χ3n) is 4.80. The van der Waals surface area contributed by atoms with Crippen LogP contribution in [0.1, 0.15) is 33.8 Å². The van der Waals surface area contributed by atoms with Gasteiger partial charge in [-0.2, -0.15) is 0 Å². The summed E-state index contributed by atoms with van der Waals surface area (Å²) in [4.78, 5) is 17.5. The van der Waals surface area contributed by atoms with Crippen LogP contribution in [0.4, 0.5) is 4.39 Å². The minimum atomic E-state index is -0.340. The van der Waals surface area contributed by atoms with E-state index in [2.05, 4.69) is 10.3 Å². The quantitative estimate of drug-likeness (QED) is 0.495. The Morgan fingerprint density at radius 3 is 2.76 bits per heavy atom. The first-order valence-corrected chi connectivity index (χ1v) is 9.98. The van der Waals surface area contributed by atoms with Crippen LogP contribution in [0.15, 0.2) is 61.2 Å². The first-order valence-electron chi connectivity index (χ1n) is 9.16. The molecule has 0 radical (unpaired) electrons. The minimum Gasteiger partial charge on any atom is -0.380 e. The highest BCUT2D eigenvalue weighted by Gasteiger charge is 2.22. The van der Waals surface area contributed by atoms with Gasteiger partial charge in [-0.1, -0.05) is 18.2 Å². The molecule has 2 heterocycles. The molecular weight excluding hydrogens is 389 g/mol. The summed E-state index contributed by atoms with van der Waals surface area (Å²) in [6.45, 7) is 2.10. The maximum Gasteiger partial charge on any atom is 0.262 e. The lowest BCUT2D eigenvalue weighted by atomic mass is 10.1. The molecule has 0 aliphatic heterocycles. The van der Waals surface area contributed by atoms with Gasteiger partial charge < -0.3 is 14.6 Å². The number of fused-ring (bicyclic) bond motifs is 1. The molecule has 0 spiro atoms. The lowest BCUT2D eigenvalue weighted by Gasteiger charge is -2.15. The largest absolute Gasteiger partial charge is 0.380 e. The standard InChI is InChI=1S/C22H20FN3O2S/c1-14(15-6-8-16(9-7-15)26-11-10-24-13-26)25-22(27)21-17(12-28-2)20-18(23)4-3-5-19(20)29-21/h3-11,13-14H,12H2,1-2H3,(H,25,27)/t14-/m1/s1. The lowest BCUT2D eigenvalue weighted by Crippen LogP contribution is -2.26. The average molecular weight is 409 g/mol. The van der Waals surface area contributed by atoms with Crippen LogP contribution in [-0.2, 0) is 11.3 Å². The van der Waals surface area contributed by atoms with E-state index in [4.69, 9.17) is 4.74 Å². The number of thiophene rings is 1. The third kappa shape index (κ3) is 3.79. The predicted octanol–water partition coefficient (Wildman–Crippen LogP) is 4.86. The molecule has 1 atom stereocenters. The maximum atomic E-state index is 14.3. The first kappa shape index (κ1) is 19.3. The van der Waals surface area contributed by atoms with Crippen molar-refractivity contribution >= 4 is 27.3 Å². The predicted molar refractivity (Wildman–Crippen MR) is 112 cm³/mol. The van der Waals surface area contributed by atoms with Crippen molar-refractivity contribution in [3.05, 3.63) is 83.0 Å². The van der Waals surface area contributed by atoms with Gasteiger partial charge in [-0.15, -0.1) is 11.3 Å². The van der Waals surface area contributed by atoms with E-state index in [1.54, 1.807) is 18.6 Å². The van der Waals surface area contributed by atoms with Gasteiger partial charge in [0.15, 0.2) is 0 Å². The Morgan fingerprint density at radius 2 is 2.07 bits per heavy atom. The molecule has 7 heteroatoms. The van der Waals surface area contributed by atoms with Crippen molar-refractivity contribution in [2.24, 2.45) is 0 Å². The van der Waals surface area contributed by atoms with E-state index in [-0.39, 0.29) is 24.4 Å². The summed E-state index contributed by atoms with van der Waals surface area (Å²) in [6.07, 6.45) is 5.33. The van der Waals surface area contributed by atoms with Crippen LogP contribution in [0, 0.1) is 5.82 Å². The second kappa shape index (κ2) is 8.14. The highest BCUT2D eigenvalue weighted by molar-refractivity contribution is 7.21. The van der Waals surface area contributed by atoms with Gasteiger partial charge in [-0.25, -0.2) is 9.37 Å². The molecule has 2 aromatic carbocycles. The van der Waals surface area contributed by atoms with Crippen molar-refractivity contribution < 1.29 is 13.9 Å². The Labute approximate surface area is 171 Å². The molecule has 148 valence electrons. The van der Waals surface area contributed by atoms with E-state index in [9.17, 15) is 9.18 Å². The third-order valence-corrected chi connectivity index (χ3v) is 6.00. The molecule has 2 aromatic heterocycles. The van der Waals surface area contributed by atoms with Crippen LogP contribution in [0.25, 0.3) is 15.8 Å². The van der Waals surface area contributed by atoms with E-state index in [1.165, 1.54) is 24.5 Å². The van der Waals surface area contributed by atoms with E-state index in [0.29, 0.717) is 15.8 Å². The number of rotatable bonds is 6. The summed E-state index contributed by atoms with van der Waals surface area (Å²) >= 11 is 1.28. The Bertz CT molecular complexity index is 1140. The second-order valence-electron chi connectivity index (χ2n) is 6.71. The normalized spacial score (nSPS) is 12.2. The molecule has 1 N–H and O–H groups in total. The number of carbonyl (C=O) groups excluding carboxylic acids is 1. The van der Waals surface area contributed by atoms with Crippen LogP contribution >= 0.6 is 11.3 Å². The van der Waals surface area contributed by atoms with E-state index < -0.39 is 0 Å². The summed E-state index contributed by atoms with van der Waals surface area (Å²) in [6, 6.07) is 12.6. The molecular formula is C22H20FN3O2S. The highest BCUT2D eigenvalue weighted by Crippen LogP contribution is 2.34. The van der Waals surface area contributed by atoms with Gasteiger partial charge in [0, 0.05) is 40.8 Å². The summed E-state index contributed by atoms with van der Waals surface area (Å²) in [7, 11) is 1.54. The Balaban J connectivity index is 1.57. The second-order valence-corrected chi connectivity index (χ2v) is 7.76. The van der Waals surface area contributed by atoms with Gasteiger partial charge in [0.2, 0.25) is 0 Å². The molecule has 4 rings (SSSR count). The Hall–Kier alpha value is -3.03. The molecule has 0 fully saturated rings. The fourth-order valence-corrected chi connectivity index (χ4v) is 4.45. The summed E-state index contributed by atoms with van der Waals surface area (Å²) in [5, 5.41) is 3.48. The summed E-state index contributed by atoms with van der Waals surface area (Å²) in [5.74, 6) is -0.572. The average Bonchev–Trinajstić information content (AvgIpc) is 3.37. The topological polar surface area (TPSA) is 56.1 Å². The molecule has 0 aliphatic carbocycles. The highest BCUT2D eigenvalue weighted by atomic mass is 32.1. The zero-order valence-corrected chi connectivity index (χ0v) is 16.9. The number of ether oxygens (including phenoxy) is 1. The number of halogens is 1.